The Labute approximate surface area is 109 Å². The molecule has 1 aliphatic rings. The Morgan fingerprint density at radius 2 is 2.29 bits per heavy atom. The molecule has 0 saturated carbocycles. The number of ether oxygens (including phenoxy) is 1. The number of carbonyl (C=O) groups is 1. The highest BCUT2D eigenvalue weighted by Gasteiger charge is 2.23. The van der Waals surface area contributed by atoms with Crippen LogP contribution in [-0.4, -0.2) is 31.1 Å². The van der Waals surface area contributed by atoms with Crippen molar-refractivity contribution < 1.29 is 9.53 Å². The Morgan fingerprint density at radius 3 is 3.00 bits per heavy atom. The van der Waals surface area contributed by atoms with E-state index in [4.69, 9.17) is 10.5 Å². The zero-order chi connectivity index (χ0) is 12.4. The molecule has 0 atom stereocenters. The predicted octanol–water partition coefficient (Wildman–Crippen LogP) is 1.56. The predicted molar refractivity (Wildman–Crippen MR) is 69.6 cm³/mol. The maximum Gasteiger partial charge on any atom is 0.248 e. The van der Waals surface area contributed by atoms with Crippen LogP contribution < -0.4 is 5.73 Å². The van der Waals surface area contributed by atoms with Crippen LogP contribution in [0.5, 0.6) is 0 Å². The van der Waals surface area contributed by atoms with Gasteiger partial charge in [0.2, 0.25) is 5.91 Å². The van der Waals surface area contributed by atoms with E-state index in [-0.39, 0.29) is 12.5 Å². The molecule has 0 saturated heterocycles. The lowest BCUT2D eigenvalue weighted by Gasteiger charge is -2.30. The third kappa shape index (κ3) is 2.45. The molecular weight excluding hydrogens is 284 g/mol. The number of nitrogens with zero attached hydrogens (tertiary/aromatic N) is 1. The van der Waals surface area contributed by atoms with Gasteiger partial charge in [-0.3, -0.25) is 4.79 Å². The van der Waals surface area contributed by atoms with Crippen molar-refractivity contribution in [3.63, 3.8) is 0 Å². The number of methoxy groups -OCH3 is 1. The molecule has 1 amide bonds. The highest BCUT2D eigenvalue weighted by molar-refractivity contribution is 9.10. The van der Waals surface area contributed by atoms with Crippen LogP contribution in [0.3, 0.4) is 0 Å². The van der Waals surface area contributed by atoms with Crippen LogP contribution in [0.15, 0.2) is 16.6 Å². The first-order valence-corrected chi connectivity index (χ1v) is 6.25. The molecule has 1 aromatic carbocycles. The first-order valence-electron chi connectivity index (χ1n) is 5.46. The van der Waals surface area contributed by atoms with E-state index >= 15 is 0 Å². The smallest absolute Gasteiger partial charge is 0.248 e. The van der Waals surface area contributed by atoms with Crippen molar-refractivity contribution in [1.29, 1.82) is 0 Å². The zero-order valence-electron chi connectivity index (χ0n) is 9.70. The SMILES string of the molecule is COCC(=O)N1CCc2c(Br)ccc(N)c2C1. The molecular formula is C12H15BrN2O2. The number of nitrogens with two attached hydrogens (primary N) is 1. The van der Waals surface area contributed by atoms with E-state index in [9.17, 15) is 4.79 Å². The number of carbonyl (C=O) groups excluding carboxylic acids is 1. The summed E-state index contributed by atoms with van der Waals surface area (Å²) < 4.78 is 5.94. The van der Waals surface area contributed by atoms with Crippen LogP contribution in [0.1, 0.15) is 11.1 Å². The number of anilines is 1. The van der Waals surface area contributed by atoms with Crippen LogP contribution >= 0.6 is 15.9 Å². The average Bonchev–Trinajstić information content (AvgIpc) is 2.34. The summed E-state index contributed by atoms with van der Waals surface area (Å²) in [5.74, 6) is 0.0116. The number of benzene rings is 1. The van der Waals surface area contributed by atoms with Crippen LogP contribution in [0.25, 0.3) is 0 Å². The fourth-order valence-electron chi connectivity index (χ4n) is 2.08. The first kappa shape index (κ1) is 12.4. The lowest BCUT2D eigenvalue weighted by atomic mass is 9.98. The Bertz CT molecular complexity index is 448. The van der Waals surface area contributed by atoms with Crippen LogP contribution in [-0.2, 0) is 22.5 Å². The normalized spacial score (nSPS) is 14.6. The Kier molecular flexibility index (Phi) is 3.69. The van der Waals surface area contributed by atoms with E-state index in [0.717, 1.165) is 28.7 Å². The van der Waals surface area contributed by atoms with Gasteiger partial charge in [0.05, 0.1) is 0 Å². The Balaban J connectivity index is 2.24. The number of hydrogen-bond acceptors (Lipinski definition) is 3. The molecule has 2 N–H and O–H groups in total. The second kappa shape index (κ2) is 5.06. The summed E-state index contributed by atoms with van der Waals surface area (Å²) in [7, 11) is 1.53. The summed E-state index contributed by atoms with van der Waals surface area (Å²) in [5.41, 5.74) is 8.97. The second-order valence-electron chi connectivity index (χ2n) is 4.09. The van der Waals surface area contributed by atoms with Crippen molar-refractivity contribution in [2.75, 3.05) is 26.0 Å². The molecule has 0 aromatic heterocycles. The maximum atomic E-state index is 11.8. The summed E-state index contributed by atoms with van der Waals surface area (Å²) in [5, 5.41) is 0. The van der Waals surface area contributed by atoms with E-state index in [1.165, 1.54) is 12.7 Å². The molecule has 0 aliphatic carbocycles. The molecule has 0 spiro atoms. The Hall–Kier alpha value is -1.07. The number of halogens is 1. The van der Waals surface area contributed by atoms with Crippen LogP contribution in [0.4, 0.5) is 5.69 Å². The van der Waals surface area contributed by atoms with Crippen LogP contribution in [0, 0.1) is 0 Å². The van der Waals surface area contributed by atoms with Gasteiger partial charge in [-0.1, -0.05) is 15.9 Å². The lowest BCUT2D eigenvalue weighted by molar-refractivity contribution is -0.136. The molecule has 0 fully saturated rings. The standard InChI is InChI=1S/C12H15BrN2O2/c1-17-7-12(16)15-5-4-8-9(6-15)11(14)3-2-10(8)13/h2-3H,4-7,14H2,1H3. The van der Waals surface area contributed by atoms with Crippen molar-refractivity contribution in [2.45, 2.75) is 13.0 Å². The quantitative estimate of drug-likeness (QED) is 0.843. The molecule has 17 heavy (non-hydrogen) atoms. The molecule has 0 radical (unpaired) electrons. The van der Waals surface area contributed by atoms with Gasteiger partial charge in [0, 0.05) is 30.4 Å². The third-order valence-electron chi connectivity index (χ3n) is 3.01. The van der Waals surface area contributed by atoms with Gasteiger partial charge < -0.3 is 15.4 Å². The van der Waals surface area contributed by atoms with E-state index in [1.807, 2.05) is 12.1 Å². The maximum absolute atomic E-state index is 11.8. The van der Waals surface area contributed by atoms with Gasteiger partial charge in [0.1, 0.15) is 6.61 Å². The van der Waals surface area contributed by atoms with Gasteiger partial charge in [0.15, 0.2) is 0 Å². The molecule has 1 aliphatic heterocycles. The van der Waals surface area contributed by atoms with Crippen molar-refractivity contribution in [2.24, 2.45) is 0 Å². The van der Waals surface area contributed by atoms with E-state index < -0.39 is 0 Å². The van der Waals surface area contributed by atoms with Gasteiger partial charge in [-0.15, -0.1) is 0 Å². The number of nitrogen functional groups attached to an aromatic ring is 1. The zero-order valence-corrected chi connectivity index (χ0v) is 11.3. The number of hydrogen-bond donors (Lipinski definition) is 1. The molecule has 92 valence electrons. The van der Waals surface area contributed by atoms with Gasteiger partial charge in [0.25, 0.3) is 0 Å². The summed E-state index contributed by atoms with van der Waals surface area (Å²) >= 11 is 3.52. The van der Waals surface area contributed by atoms with Gasteiger partial charge >= 0.3 is 0 Å². The highest BCUT2D eigenvalue weighted by Crippen LogP contribution is 2.30. The Morgan fingerprint density at radius 1 is 1.53 bits per heavy atom. The summed E-state index contributed by atoms with van der Waals surface area (Å²) in [6, 6.07) is 3.83. The summed E-state index contributed by atoms with van der Waals surface area (Å²) in [6.07, 6.45) is 0.830. The van der Waals surface area contributed by atoms with Gasteiger partial charge in [-0.2, -0.15) is 0 Å². The minimum absolute atomic E-state index is 0.0116. The minimum Gasteiger partial charge on any atom is -0.398 e. The van der Waals surface area contributed by atoms with E-state index in [2.05, 4.69) is 15.9 Å². The third-order valence-corrected chi connectivity index (χ3v) is 3.75. The molecule has 0 bridgehead atoms. The number of amides is 1. The first-order chi connectivity index (χ1) is 8.13. The second-order valence-corrected chi connectivity index (χ2v) is 4.95. The van der Waals surface area contributed by atoms with Crippen molar-refractivity contribution in [3.05, 3.63) is 27.7 Å². The van der Waals surface area contributed by atoms with E-state index in [1.54, 1.807) is 4.90 Å². The van der Waals surface area contributed by atoms with E-state index in [0.29, 0.717) is 6.54 Å². The summed E-state index contributed by atoms with van der Waals surface area (Å²) in [6.45, 7) is 1.42. The number of fused-ring (bicyclic) bond motifs is 1. The van der Waals surface area contributed by atoms with Crippen molar-refractivity contribution >= 4 is 27.5 Å². The van der Waals surface area contributed by atoms with Gasteiger partial charge in [-0.05, 0) is 29.7 Å². The monoisotopic (exact) mass is 298 g/mol. The lowest BCUT2D eigenvalue weighted by Crippen LogP contribution is -2.38. The minimum atomic E-state index is 0.0116. The molecule has 1 aromatic rings. The average molecular weight is 299 g/mol. The number of rotatable bonds is 2. The molecule has 1 heterocycles. The molecule has 0 unspecified atom stereocenters. The van der Waals surface area contributed by atoms with Crippen molar-refractivity contribution in [1.82, 2.24) is 4.90 Å². The summed E-state index contributed by atoms with van der Waals surface area (Å²) in [4.78, 5) is 13.5. The molecule has 2 rings (SSSR count). The van der Waals surface area contributed by atoms with Crippen LogP contribution in [0.2, 0.25) is 0 Å². The highest BCUT2D eigenvalue weighted by atomic mass is 79.9. The largest absolute Gasteiger partial charge is 0.398 e. The van der Waals surface area contributed by atoms with Crippen molar-refractivity contribution in [3.8, 4) is 0 Å². The molecule has 4 nitrogen and oxygen atoms in total. The fraction of sp³-hybridized carbons (Fsp3) is 0.417. The fourth-order valence-corrected chi connectivity index (χ4v) is 2.65. The molecule has 5 heteroatoms. The topological polar surface area (TPSA) is 55.6 Å². The van der Waals surface area contributed by atoms with Gasteiger partial charge in [-0.25, -0.2) is 0 Å².